The molecule has 8 heteroatoms. The zero-order chi connectivity index (χ0) is 31.8. The van der Waals surface area contributed by atoms with Crippen molar-refractivity contribution in [3.63, 3.8) is 0 Å². The predicted molar refractivity (Wildman–Crippen MR) is 157 cm³/mol. The van der Waals surface area contributed by atoms with Crippen LogP contribution in [0.25, 0.3) is 0 Å². The molecule has 0 amide bonds. The molecular weight excluding hydrogens is 536 g/mol. The van der Waals surface area contributed by atoms with Crippen LogP contribution in [0, 0.1) is 39.4 Å². The number of hydrogen-bond donors (Lipinski definition) is 3. The van der Waals surface area contributed by atoms with Crippen molar-refractivity contribution in [2.24, 2.45) is 39.4 Å². The first-order valence-electron chi connectivity index (χ1n) is 15.5. The fourth-order valence-electron chi connectivity index (χ4n) is 9.43. The second-order valence-electron chi connectivity index (χ2n) is 15.5. The lowest BCUT2D eigenvalue weighted by Gasteiger charge is -2.63. The highest BCUT2D eigenvalue weighted by Gasteiger charge is 2.74. The quantitative estimate of drug-likeness (QED) is 0.261. The Labute approximate surface area is 250 Å². The van der Waals surface area contributed by atoms with E-state index < -0.39 is 56.6 Å². The second-order valence-corrected chi connectivity index (χ2v) is 15.5. The molecule has 234 valence electrons. The van der Waals surface area contributed by atoms with E-state index in [1.807, 2.05) is 26.8 Å². The summed E-state index contributed by atoms with van der Waals surface area (Å²) in [6.45, 7) is 16.3. The van der Waals surface area contributed by atoms with Crippen LogP contribution in [0.3, 0.4) is 0 Å². The molecule has 0 aromatic rings. The second kappa shape index (κ2) is 10.1. The summed E-state index contributed by atoms with van der Waals surface area (Å²) in [5, 5.41) is 34.1. The van der Waals surface area contributed by atoms with E-state index in [-0.39, 0.29) is 54.9 Å². The van der Waals surface area contributed by atoms with Gasteiger partial charge in [0.25, 0.3) is 0 Å². The van der Waals surface area contributed by atoms with E-state index in [1.165, 1.54) is 13.0 Å². The van der Waals surface area contributed by atoms with E-state index >= 15 is 0 Å². The maximum Gasteiger partial charge on any atom is 0.306 e. The van der Waals surface area contributed by atoms with Gasteiger partial charge in [-0.15, -0.1) is 0 Å². The fraction of sp³-hybridized carbons (Fsp3) is 0.765. The van der Waals surface area contributed by atoms with Crippen molar-refractivity contribution in [1.82, 2.24) is 0 Å². The van der Waals surface area contributed by atoms with Gasteiger partial charge >= 0.3 is 5.97 Å². The summed E-state index contributed by atoms with van der Waals surface area (Å²) in [5.74, 6) is -3.13. The number of ketones is 3. The van der Waals surface area contributed by atoms with Crippen molar-refractivity contribution in [3.05, 3.63) is 23.5 Å². The van der Waals surface area contributed by atoms with Crippen LogP contribution in [-0.2, 0) is 23.9 Å². The number of carbonyl (C=O) groups excluding carboxylic acids is 4. The molecule has 0 aromatic carbocycles. The largest absolute Gasteiger partial charge is 0.505 e. The molecular formula is C34H50O8. The molecule has 0 unspecified atom stereocenters. The number of carbonyl (C=O) groups is 4. The fourth-order valence-corrected chi connectivity index (χ4v) is 9.43. The van der Waals surface area contributed by atoms with Crippen molar-refractivity contribution >= 4 is 23.3 Å². The Bertz CT molecular complexity index is 1250. The highest BCUT2D eigenvalue weighted by molar-refractivity contribution is 6.02. The molecule has 0 aliphatic heterocycles. The molecule has 4 rings (SSSR count). The molecule has 3 N–H and O–H groups in total. The third kappa shape index (κ3) is 4.54. The molecule has 42 heavy (non-hydrogen) atoms. The van der Waals surface area contributed by atoms with Crippen LogP contribution in [0.2, 0.25) is 0 Å². The summed E-state index contributed by atoms with van der Waals surface area (Å²) in [4.78, 5) is 52.9. The van der Waals surface area contributed by atoms with Gasteiger partial charge in [-0.1, -0.05) is 39.3 Å². The summed E-state index contributed by atoms with van der Waals surface area (Å²) >= 11 is 0. The Balaban J connectivity index is 1.67. The van der Waals surface area contributed by atoms with Crippen LogP contribution < -0.4 is 0 Å². The molecule has 0 radical (unpaired) electrons. The summed E-state index contributed by atoms with van der Waals surface area (Å²) in [6, 6.07) is 0. The molecule has 8 nitrogen and oxygen atoms in total. The van der Waals surface area contributed by atoms with Crippen molar-refractivity contribution < 1.29 is 39.2 Å². The molecule has 0 spiro atoms. The molecule has 8 atom stereocenters. The van der Waals surface area contributed by atoms with Crippen LogP contribution in [-0.4, -0.2) is 55.9 Å². The van der Waals surface area contributed by atoms with Gasteiger partial charge in [-0.25, -0.2) is 0 Å². The SMILES string of the molecule is CCCC(=O)OC(C)(C)CCC(=O)[C@](C)(O)[C@H]1[C@H](O)C[C@@]2(C)[C@@H]3CC=C4[C@@H](C=C(O)C(=O)C4(C)C)[C@]3(C)C(=O)C[C@]12C. The maximum atomic E-state index is 14.3. The number of hydrogen-bond acceptors (Lipinski definition) is 8. The lowest BCUT2D eigenvalue weighted by Crippen LogP contribution is -2.64. The van der Waals surface area contributed by atoms with Gasteiger partial charge in [0, 0.05) is 36.5 Å². The van der Waals surface area contributed by atoms with E-state index in [4.69, 9.17) is 4.74 Å². The van der Waals surface area contributed by atoms with E-state index in [0.717, 1.165) is 5.57 Å². The summed E-state index contributed by atoms with van der Waals surface area (Å²) in [5.41, 5.74) is -5.37. The van der Waals surface area contributed by atoms with Gasteiger partial charge in [-0.3, -0.25) is 19.2 Å². The predicted octanol–water partition coefficient (Wildman–Crippen LogP) is 5.19. The van der Waals surface area contributed by atoms with Crippen molar-refractivity contribution in [2.75, 3.05) is 0 Å². The van der Waals surface area contributed by atoms with Crippen LogP contribution in [0.5, 0.6) is 0 Å². The van der Waals surface area contributed by atoms with Crippen molar-refractivity contribution in [1.29, 1.82) is 0 Å². The number of rotatable bonds is 8. The lowest BCUT2D eigenvalue weighted by atomic mass is 9.39. The van der Waals surface area contributed by atoms with Gasteiger partial charge in [-0.2, -0.15) is 0 Å². The number of aliphatic hydroxyl groups is 3. The molecule has 0 saturated heterocycles. The minimum Gasteiger partial charge on any atom is -0.505 e. The van der Waals surface area contributed by atoms with Crippen LogP contribution in [0.4, 0.5) is 0 Å². The topological polar surface area (TPSA) is 138 Å². The van der Waals surface area contributed by atoms with Gasteiger partial charge in [0.1, 0.15) is 17.0 Å². The first-order valence-corrected chi connectivity index (χ1v) is 15.5. The molecule has 0 heterocycles. The molecule has 0 aromatic heterocycles. The highest BCUT2D eigenvalue weighted by atomic mass is 16.6. The van der Waals surface area contributed by atoms with E-state index in [0.29, 0.717) is 19.3 Å². The maximum absolute atomic E-state index is 14.3. The molecule has 2 fully saturated rings. The number of ether oxygens (including phenoxy) is 1. The Kier molecular flexibility index (Phi) is 7.85. The number of aliphatic hydroxyl groups excluding tert-OH is 2. The molecule has 2 saturated carbocycles. The first-order chi connectivity index (χ1) is 19.1. The zero-order valence-electron chi connectivity index (χ0n) is 26.8. The Hall–Kier alpha value is -2.32. The standard InChI is InChI=1S/C34H50O8/c1-10-11-26(39)42-29(2,3)15-14-24(37)34(9,41)27-22(36)17-31(6)23-13-12-19-20(16-21(35)28(40)30(19,4)5)33(23,8)25(38)18-32(27,31)7/h12,16,20,22-23,27,35-36,41H,10-11,13-15,17-18H2,1-9H3/t20-,22-,23+,27+,31+,32-,33+,34+/m1/s1. The lowest BCUT2D eigenvalue weighted by molar-refractivity contribution is -0.181. The minimum atomic E-state index is -1.92. The van der Waals surface area contributed by atoms with Gasteiger partial charge in [-0.05, 0) is 83.1 Å². The van der Waals surface area contributed by atoms with Gasteiger partial charge in [0.2, 0.25) is 5.78 Å². The van der Waals surface area contributed by atoms with E-state index in [2.05, 4.69) is 6.92 Å². The number of allylic oxidation sites excluding steroid dienone is 4. The number of Topliss-reactive ketones (excluding diaryl/α,β-unsaturated/α-hetero) is 3. The third-order valence-corrected chi connectivity index (χ3v) is 12.0. The number of esters is 1. The minimum absolute atomic E-state index is 0.0497. The normalized spacial score (nSPS) is 38.8. The Morgan fingerprint density at radius 2 is 1.67 bits per heavy atom. The van der Waals surface area contributed by atoms with Gasteiger partial charge in [0.15, 0.2) is 11.5 Å². The van der Waals surface area contributed by atoms with Crippen LogP contribution >= 0.6 is 0 Å². The zero-order valence-corrected chi connectivity index (χ0v) is 26.8. The molecule has 4 aliphatic carbocycles. The van der Waals surface area contributed by atoms with E-state index in [1.54, 1.807) is 27.7 Å². The smallest absolute Gasteiger partial charge is 0.306 e. The summed E-state index contributed by atoms with van der Waals surface area (Å²) < 4.78 is 5.55. The molecule has 4 aliphatic rings. The van der Waals surface area contributed by atoms with Gasteiger partial charge < -0.3 is 20.1 Å². The monoisotopic (exact) mass is 586 g/mol. The Morgan fingerprint density at radius 1 is 1.05 bits per heavy atom. The van der Waals surface area contributed by atoms with Gasteiger partial charge in [0.05, 0.1) is 11.5 Å². The average molecular weight is 587 g/mol. The summed E-state index contributed by atoms with van der Waals surface area (Å²) in [6.07, 6.45) is 4.52. The number of fused-ring (bicyclic) bond motifs is 5. The van der Waals surface area contributed by atoms with Crippen LogP contribution in [0.1, 0.15) is 107 Å². The molecule has 0 bridgehead atoms. The van der Waals surface area contributed by atoms with Crippen LogP contribution in [0.15, 0.2) is 23.5 Å². The van der Waals surface area contributed by atoms with Crippen molar-refractivity contribution in [3.8, 4) is 0 Å². The summed E-state index contributed by atoms with van der Waals surface area (Å²) in [7, 11) is 0. The van der Waals surface area contributed by atoms with Crippen molar-refractivity contribution in [2.45, 2.75) is 125 Å². The third-order valence-electron chi connectivity index (χ3n) is 12.0. The first kappa shape index (κ1) is 32.6. The highest BCUT2D eigenvalue weighted by Crippen LogP contribution is 2.73. The average Bonchev–Trinajstić information content (AvgIpc) is 3.06. The Morgan fingerprint density at radius 3 is 2.26 bits per heavy atom. The van der Waals surface area contributed by atoms with E-state index in [9.17, 15) is 34.5 Å².